The van der Waals surface area contributed by atoms with E-state index in [1.165, 1.54) is 61.6 Å². The van der Waals surface area contributed by atoms with Crippen LogP contribution in [0.3, 0.4) is 0 Å². The summed E-state index contributed by atoms with van der Waals surface area (Å²) in [4.78, 5) is 0. The van der Waals surface area contributed by atoms with Gasteiger partial charge in [0.15, 0.2) is 0 Å². The maximum atomic E-state index is 6.30. The summed E-state index contributed by atoms with van der Waals surface area (Å²) in [6, 6.07) is 17.5. The standard InChI is InChI=1S/C25H34O/c1-19-13-15-22(16-14-19)9-5-8-21(3)23-10-6-12-25(18-23)26-24-11-4-7-20(2)17-24/h4,7,11,13-17,21,23,25H,5-6,8-10,12,18H2,1-3H3/t21?,23-,25+/m0/s1. The molecular weight excluding hydrogens is 316 g/mol. The van der Waals surface area contributed by atoms with Crippen LogP contribution >= 0.6 is 0 Å². The SMILES string of the molecule is Cc1ccc(CCCC(C)[C@H]2CCC[C@@H](Oc3cccc(C)c3)C2)cc1. The van der Waals surface area contributed by atoms with Gasteiger partial charge in [0, 0.05) is 0 Å². The van der Waals surface area contributed by atoms with Crippen molar-refractivity contribution in [3.05, 3.63) is 65.2 Å². The highest BCUT2D eigenvalue weighted by Gasteiger charge is 2.27. The van der Waals surface area contributed by atoms with Crippen molar-refractivity contribution in [2.24, 2.45) is 11.8 Å². The average molecular weight is 351 g/mol. The van der Waals surface area contributed by atoms with Gasteiger partial charge in [0.25, 0.3) is 0 Å². The predicted molar refractivity (Wildman–Crippen MR) is 111 cm³/mol. The Morgan fingerprint density at radius 3 is 2.58 bits per heavy atom. The Balaban J connectivity index is 1.45. The molecule has 26 heavy (non-hydrogen) atoms. The molecule has 3 atom stereocenters. The van der Waals surface area contributed by atoms with E-state index in [9.17, 15) is 0 Å². The van der Waals surface area contributed by atoms with Crippen LogP contribution in [0, 0.1) is 25.7 Å². The Morgan fingerprint density at radius 2 is 1.81 bits per heavy atom. The first kappa shape index (κ1) is 19.0. The summed E-state index contributed by atoms with van der Waals surface area (Å²) >= 11 is 0. The lowest BCUT2D eigenvalue weighted by Gasteiger charge is -2.33. The Morgan fingerprint density at radius 1 is 1.00 bits per heavy atom. The third-order valence-electron chi connectivity index (χ3n) is 6.01. The Labute approximate surface area is 159 Å². The topological polar surface area (TPSA) is 9.23 Å². The van der Waals surface area contributed by atoms with Gasteiger partial charge in [-0.25, -0.2) is 0 Å². The van der Waals surface area contributed by atoms with E-state index >= 15 is 0 Å². The highest BCUT2D eigenvalue weighted by Crippen LogP contribution is 2.34. The smallest absolute Gasteiger partial charge is 0.119 e. The van der Waals surface area contributed by atoms with E-state index in [2.05, 4.69) is 69.3 Å². The summed E-state index contributed by atoms with van der Waals surface area (Å²) in [5.41, 5.74) is 4.11. The van der Waals surface area contributed by atoms with Crippen LogP contribution in [-0.4, -0.2) is 6.10 Å². The molecule has 1 fully saturated rings. The Hall–Kier alpha value is -1.76. The lowest BCUT2D eigenvalue weighted by atomic mass is 9.77. The third kappa shape index (κ3) is 5.62. The van der Waals surface area contributed by atoms with Gasteiger partial charge in [-0.1, -0.05) is 55.3 Å². The van der Waals surface area contributed by atoms with Crippen LogP contribution in [0.15, 0.2) is 48.5 Å². The molecule has 140 valence electrons. The third-order valence-corrected chi connectivity index (χ3v) is 6.01. The molecular formula is C25H34O. The molecule has 0 bridgehead atoms. The monoisotopic (exact) mass is 350 g/mol. The second-order valence-corrected chi connectivity index (χ2v) is 8.34. The Bertz CT molecular complexity index is 673. The van der Waals surface area contributed by atoms with Crippen molar-refractivity contribution in [3.8, 4) is 5.75 Å². The molecule has 0 spiro atoms. The number of benzene rings is 2. The highest BCUT2D eigenvalue weighted by molar-refractivity contribution is 5.27. The van der Waals surface area contributed by atoms with Gasteiger partial charge in [-0.05, 0) is 87.5 Å². The maximum absolute atomic E-state index is 6.30. The molecule has 2 aromatic rings. The first-order valence-electron chi connectivity index (χ1n) is 10.4. The molecule has 1 heteroatoms. The second-order valence-electron chi connectivity index (χ2n) is 8.34. The first-order valence-corrected chi connectivity index (χ1v) is 10.4. The van der Waals surface area contributed by atoms with E-state index in [4.69, 9.17) is 4.74 Å². The quantitative estimate of drug-likeness (QED) is 0.527. The molecule has 1 aliphatic carbocycles. The molecule has 2 aromatic carbocycles. The van der Waals surface area contributed by atoms with Gasteiger partial charge in [0.2, 0.25) is 0 Å². The van der Waals surface area contributed by atoms with Crippen molar-refractivity contribution in [1.29, 1.82) is 0 Å². The highest BCUT2D eigenvalue weighted by atomic mass is 16.5. The van der Waals surface area contributed by atoms with E-state index < -0.39 is 0 Å². The molecule has 0 amide bonds. The lowest BCUT2D eigenvalue weighted by molar-refractivity contribution is 0.0996. The van der Waals surface area contributed by atoms with Crippen LogP contribution in [0.25, 0.3) is 0 Å². The molecule has 3 rings (SSSR count). The van der Waals surface area contributed by atoms with Gasteiger partial charge >= 0.3 is 0 Å². The largest absolute Gasteiger partial charge is 0.490 e. The minimum absolute atomic E-state index is 0.398. The lowest BCUT2D eigenvalue weighted by Crippen LogP contribution is -2.28. The fourth-order valence-electron chi connectivity index (χ4n) is 4.30. The number of aryl methyl sites for hydroxylation is 3. The normalized spacial score (nSPS) is 21.3. The molecule has 0 radical (unpaired) electrons. The van der Waals surface area contributed by atoms with Crippen molar-refractivity contribution >= 4 is 0 Å². The van der Waals surface area contributed by atoms with Crippen molar-refractivity contribution in [2.75, 3.05) is 0 Å². The molecule has 0 saturated heterocycles. The minimum Gasteiger partial charge on any atom is -0.490 e. The van der Waals surface area contributed by atoms with Gasteiger partial charge in [-0.15, -0.1) is 0 Å². The molecule has 1 nitrogen and oxygen atoms in total. The Kier molecular flexibility index (Phi) is 6.77. The minimum atomic E-state index is 0.398. The number of hydrogen-bond donors (Lipinski definition) is 0. The van der Waals surface area contributed by atoms with Crippen molar-refractivity contribution in [2.45, 2.75) is 71.8 Å². The van der Waals surface area contributed by atoms with E-state index in [1.54, 1.807) is 0 Å². The van der Waals surface area contributed by atoms with E-state index in [1.807, 2.05) is 0 Å². The van der Waals surface area contributed by atoms with Crippen LogP contribution < -0.4 is 4.74 Å². The molecule has 0 heterocycles. The van der Waals surface area contributed by atoms with Gasteiger partial charge < -0.3 is 4.74 Å². The zero-order valence-electron chi connectivity index (χ0n) is 16.7. The number of hydrogen-bond acceptors (Lipinski definition) is 1. The van der Waals surface area contributed by atoms with E-state index in [0.29, 0.717) is 6.10 Å². The molecule has 1 unspecified atom stereocenters. The molecule has 1 aliphatic rings. The first-order chi connectivity index (χ1) is 12.6. The summed E-state index contributed by atoms with van der Waals surface area (Å²) in [6.07, 6.45) is 9.35. The van der Waals surface area contributed by atoms with Crippen molar-refractivity contribution in [3.63, 3.8) is 0 Å². The zero-order chi connectivity index (χ0) is 18.4. The van der Waals surface area contributed by atoms with Gasteiger partial charge in [0.05, 0.1) is 6.10 Å². The fourth-order valence-corrected chi connectivity index (χ4v) is 4.30. The number of ether oxygens (including phenoxy) is 1. The second kappa shape index (κ2) is 9.26. The summed E-state index contributed by atoms with van der Waals surface area (Å²) in [5.74, 6) is 2.66. The van der Waals surface area contributed by atoms with Crippen LogP contribution in [-0.2, 0) is 6.42 Å². The maximum Gasteiger partial charge on any atom is 0.119 e. The predicted octanol–water partition coefficient (Wildman–Crippen LogP) is 6.90. The zero-order valence-corrected chi connectivity index (χ0v) is 16.7. The fraction of sp³-hybridized carbons (Fsp3) is 0.520. The average Bonchev–Trinajstić information content (AvgIpc) is 2.63. The number of rotatable bonds is 7. The summed E-state index contributed by atoms with van der Waals surface area (Å²) < 4.78 is 6.30. The van der Waals surface area contributed by atoms with Gasteiger partial charge in [-0.2, -0.15) is 0 Å². The van der Waals surface area contributed by atoms with Crippen LogP contribution in [0.4, 0.5) is 0 Å². The van der Waals surface area contributed by atoms with Crippen LogP contribution in [0.5, 0.6) is 5.75 Å². The molecule has 1 saturated carbocycles. The van der Waals surface area contributed by atoms with Crippen LogP contribution in [0.1, 0.15) is 62.1 Å². The van der Waals surface area contributed by atoms with Crippen molar-refractivity contribution in [1.82, 2.24) is 0 Å². The summed E-state index contributed by atoms with van der Waals surface area (Å²) in [7, 11) is 0. The van der Waals surface area contributed by atoms with Crippen molar-refractivity contribution < 1.29 is 4.74 Å². The van der Waals surface area contributed by atoms with Gasteiger partial charge in [0.1, 0.15) is 5.75 Å². The van der Waals surface area contributed by atoms with E-state index in [-0.39, 0.29) is 0 Å². The van der Waals surface area contributed by atoms with Gasteiger partial charge in [-0.3, -0.25) is 0 Å². The molecule has 0 aromatic heterocycles. The molecule has 0 aliphatic heterocycles. The summed E-state index contributed by atoms with van der Waals surface area (Å²) in [6.45, 7) is 6.74. The molecule has 0 N–H and O–H groups in total. The van der Waals surface area contributed by atoms with E-state index in [0.717, 1.165) is 17.6 Å². The van der Waals surface area contributed by atoms with Crippen LogP contribution in [0.2, 0.25) is 0 Å². The summed E-state index contributed by atoms with van der Waals surface area (Å²) in [5, 5.41) is 0.